The molecule has 0 fully saturated rings. The van der Waals surface area contributed by atoms with Crippen LogP contribution in [0, 0.1) is 6.92 Å². The molecule has 3 nitrogen and oxygen atoms in total. The molecule has 2 N–H and O–H groups in total. The van der Waals surface area contributed by atoms with Gasteiger partial charge in [0.05, 0.1) is 5.92 Å². The van der Waals surface area contributed by atoms with Gasteiger partial charge in [-0.05, 0) is 31.0 Å². The molecule has 0 aromatic heterocycles. The van der Waals surface area contributed by atoms with Gasteiger partial charge in [-0.2, -0.15) is 0 Å². The van der Waals surface area contributed by atoms with E-state index in [1.807, 2.05) is 46.0 Å². The third kappa shape index (κ3) is 3.57. The number of aryl methyl sites for hydroxylation is 1. The first-order valence-corrected chi connectivity index (χ1v) is 5.57. The van der Waals surface area contributed by atoms with E-state index in [0.29, 0.717) is 0 Å². The van der Waals surface area contributed by atoms with Crippen LogP contribution in [0.1, 0.15) is 37.8 Å². The molecule has 0 radical (unpaired) electrons. The van der Waals surface area contributed by atoms with Crippen LogP contribution < -0.4 is 5.32 Å². The third-order valence-corrected chi connectivity index (χ3v) is 2.39. The molecule has 90 valence electrons. The maximum atomic E-state index is 10.7. The fraction of sp³-hybridized carbons (Fsp3) is 0.462. The van der Waals surface area contributed by atoms with E-state index in [9.17, 15) is 4.79 Å². The van der Waals surface area contributed by atoms with Crippen LogP contribution in [-0.4, -0.2) is 18.1 Å². The molecule has 0 heterocycles. The number of aliphatic carboxylic acids is 1. The van der Waals surface area contributed by atoms with Crippen molar-refractivity contribution in [2.24, 2.45) is 0 Å². The van der Waals surface area contributed by atoms with Gasteiger partial charge in [-0.25, -0.2) is 0 Å². The monoisotopic (exact) mass is 223 g/mol. The molecule has 0 saturated carbocycles. The molecule has 1 aromatic carbocycles. The number of hydrogen-bond acceptors (Lipinski definition) is 2. The summed E-state index contributed by atoms with van der Waals surface area (Å²) in [6, 6.07) is 5.66. The number of carboxylic acids is 1. The van der Waals surface area contributed by atoms with Crippen molar-refractivity contribution in [2.75, 3.05) is 12.4 Å². The molecule has 0 aliphatic rings. The maximum Gasteiger partial charge on any atom is 0.310 e. The van der Waals surface area contributed by atoms with Crippen molar-refractivity contribution in [3.8, 4) is 0 Å². The van der Waals surface area contributed by atoms with E-state index in [-0.39, 0.29) is 0 Å². The van der Waals surface area contributed by atoms with E-state index in [2.05, 4.69) is 5.32 Å². The van der Waals surface area contributed by atoms with Crippen LogP contribution in [-0.2, 0) is 4.79 Å². The number of rotatable bonds is 3. The summed E-state index contributed by atoms with van der Waals surface area (Å²) in [7, 11) is 1.85. The minimum Gasteiger partial charge on any atom is -0.481 e. The van der Waals surface area contributed by atoms with Crippen molar-refractivity contribution in [3.05, 3.63) is 29.3 Å². The summed E-state index contributed by atoms with van der Waals surface area (Å²) in [5.74, 6) is -1.23. The zero-order valence-electron chi connectivity index (χ0n) is 10.7. The smallest absolute Gasteiger partial charge is 0.310 e. The second-order valence-corrected chi connectivity index (χ2v) is 3.38. The summed E-state index contributed by atoms with van der Waals surface area (Å²) in [5, 5.41) is 11.9. The van der Waals surface area contributed by atoms with Crippen molar-refractivity contribution in [3.63, 3.8) is 0 Å². The van der Waals surface area contributed by atoms with Crippen molar-refractivity contribution in [2.45, 2.75) is 33.6 Å². The summed E-state index contributed by atoms with van der Waals surface area (Å²) < 4.78 is 0. The Morgan fingerprint density at radius 1 is 1.38 bits per heavy atom. The van der Waals surface area contributed by atoms with E-state index in [1.54, 1.807) is 6.92 Å². The molecule has 0 saturated heterocycles. The summed E-state index contributed by atoms with van der Waals surface area (Å²) in [6.07, 6.45) is 0. The average molecular weight is 223 g/mol. The van der Waals surface area contributed by atoms with Crippen LogP contribution in [0.3, 0.4) is 0 Å². The van der Waals surface area contributed by atoms with Crippen molar-refractivity contribution in [1.82, 2.24) is 0 Å². The molecule has 0 spiro atoms. The Balaban J connectivity index is 0.00000106. The van der Waals surface area contributed by atoms with Crippen molar-refractivity contribution < 1.29 is 9.90 Å². The summed E-state index contributed by atoms with van der Waals surface area (Å²) in [6.45, 7) is 7.65. The van der Waals surface area contributed by atoms with Gasteiger partial charge >= 0.3 is 5.97 Å². The first-order valence-electron chi connectivity index (χ1n) is 5.57. The normalized spacial score (nSPS) is 11.1. The van der Waals surface area contributed by atoms with Crippen LogP contribution in [0.2, 0.25) is 0 Å². The first-order chi connectivity index (χ1) is 7.56. The highest BCUT2D eigenvalue weighted by Crippen LogP contribution is 2.21. The second kappa shape index (κ2) is 6.88. The molecule has 1 aromatic rings. The zero-order chi connectivity index (χ0) is 12.7. The number of nitrogens with one attached hydrogen (secondary N) is 1. The van der Waals surface area contributed by atoms with Crippen LogP contribution in [0.5, 0.6) is 0 Å². The highest BCUT2D eigenvalue weighted by Gasteiger charge is 2.13. The first kappa shape index (κ1) is 14.5. The average Bonchev–Trinajstić information content (AvgIpc) is 2.30. The molecular weight excluding hydrogens is 202 g/mol. The van der Waals surface area contributed by atoms with Gasteiger partial charge in [0.15, 0.2) is 0 Å². The van der Waals surface area contributed by atoms with E-state index < -0.39 is 11.9 Å². The van der Waals surface area contributed by atoms with Gasteiger partial charge in [0, 0.05) is 12.7 Å². The molecule has 16 heavy (non-hydrogen) atoms. The van der Waals surface area contributed by atoms with E-state index in [0.717, 1.165) is 16.8 Å². The van der Waals surface area contributed by atoms with Gasteiger partial charge in [0.2, 0.25) is 0 Å². The minimum absolute atomic E-state index is 0.445. The number of carboxylic acid groups (broad SMARTS) is 1. The van der Waals surface area contributed by atoms with Crippen LogP contribution in [0.25, 0.3) is 0 Å². The molecule has 1 unspecified atom stereocenters. The molecule has 1 rings (SSSR count). The fourth-order valence-corrected chi connectivity index (χ4v) is 1.38. The lowest BCUT2D eigenvalue weighted by Gasteiger charge is -2.10. The largest absolute Gasteiger partial charge is 0.481 e. The third-order valence-electron chi connectivity index (χ3n) is 2.39. The Kier molecular flexibility index (Phi) is 6.23. The van der Waals surface area contributed by atoms with Crippen molar-refractivity contribution >= 4 is 11.7 Å². The van der Waals surface area contributed by atoms with Gasteiger partial charge in [0.1, 0.15) is 0 Å². The standard InChI is InChI=1S/C11H15NO2.C2H6/c1-7-6-9(8(2)11(13)14)4-5-10(7)12-3;1-2/h4-6,8,12H,1-3H3,(H,13,14);1-2H3. The number of hydrogen-bond donors (Lipinski definition) is 2. The maximum absolute atomic E-state index is 10.7. The Hall–Kier alpha value is -1.51. The van der Waals surface area contributed by atoms with Crippen LogP contribution >= 0.6 is 0 Å². The van der Waals surface area contributed by atoms with Crippen LogP contribution in [0.15, 0.2) is 18.2 Å². The summed E-state index contributed by atoms with van der Waals surface area (Å²) >= 11 is 0. The van der Waals surface area contributed by atoms with Crippen LogP contribution in [0.4, 0.5) is 5.69 Å². The SMILES string of the molecule is CC.CNc1ccc(C(C)C(=O)O)cc1C. The molecule has 0 amide bonds. The van der Waals surface area contributed by atoms with Gasteiger partial charge in [-0.3, -0.25) is 4.79 Å². The lowest BCUT2D eigenvalue weighted by Crippen LogP contribution is -2.07. The molecule has 0 aliphatic carbocycles. The topological polar surface area (TPSA) is 49.3 Å². The highest BCUT2D eigenvalue weighted by molar-refractivity contribution is 5.76. The summed E-state index contributed by atoms with van der Waals surface area (Å²) in [5.41, 5.74) is 2.94. The molecule has 0 aliphatic heterocycles. The Bertz CT molecular complexity index is 348. The van der Waals surface area contributed by atoms with Gasteiger partial charge in [0.25, 0.3) is 0 Å². The van der Waals surface area contributed by atoms with E-state index in [1.165, 1.54) is 0 Å². The molecular formula is C13H21NO2. The van der Waals surface area contributed by atoms with Gasteiger partial charge in [-0.15, -0.1) is 0 Å². The Morgan fingerprint density at radius 2 is 1.94 bits per heavy atom. The summed E-state index contributed by atoms with van der Waals surface area (Å²) in [4.78, 5) is 10.7. The molecule has 3 heteroatoms. The van der Waals surface area contributed by atoms with Gasteiger partial charge in [-0.1, -0.05) is 26.0 Å². The predicted octanol–water partition coefficient (Wildman–Crippen LogP) is 3.25. The van der Waals surface area contributed by atoms with Crippen molar-refractivity contribution in [1.29, 1.82) is 0 Å². The second-order valence-electron chi connectivity index (χ2n) is 3.38. The Morgan fingerprint density at radius 3 is 2.31 bits per heavy atom. The quantitative estimate of drug-likeness (QED) is 0.827. The lowest BCUT2D eigenvalue weighted by molar-refractivity contribution is -0.138. The highest BCUT2D eigenvalue weighted by atomic mass is 16.4. The minimum atomic E-state index is -0.790. The molecule has 0 bridgehead atoms. The molecule has 1 atom stereocenters. The van der Waals surface area contributed by atoms with E-state index in [4.69, 9.17) is 5.11 Å². The Labute approximate surface area is 97.5 Å². The van der Waals surface area contributed by atoms with E-state index >= 15 is 0 Å². The predicted molar refractivity (Wildman–Crippen MR) is 68.1 cm³/mol. The lowest BCUT2D eigenvalue weighted by atomic mass is 9.99. The fourth-order valence-electron chi connectivity index (χ4n) is 1.38. The number of benzene rings is 1. The number of anilines is 1. The van der Waals surface area contributed by atoms with Gasteiger partial charge < -0.3 is 10.4 Å². The number of carbonyl (C=O) groups is 1. The zero-order valence-corrected chi connectivity index (χ0v) is 10.7.